The normalized spacial score (nSPS) is 14.3. The van der Waals surface area contributed by atoms with Crippen LogP contribution in [-0.2, 0) is 47.7 Å². The first-order valence-corrected chi connectivity index (χ1v) is 58.8. The molecular weight excluding hydrogens is 1230 g/mol. The molecule has 0 heterocycles. The van der Waals surface area contributed by atoms with Gasteiger partial charge in [-0.1, -0.05) is 0 Å². The third kappa shape index (κ3) is 47.7. The van der Waals surface area contributed by atoms with Crippen LogP contribution in [0.2, 0.25) is 19.3 Å². The number of hydrogen-bond acceptors (Lipinski definition) is 14. The molecule has 16 heteroatoms. The van der Waals surface area contributed by atoms with E-state index in [4.69, 9.17) is 23.7 Å². The van der Waals surface area contributed by atoms with Crippen LogP contribution in [0.4, 0.5) is 0 Å². The Morgan fingerprint density at radius 1 is 0.333 bits per heavy atom. The first-order chi connectivity index (χ1) is 35.9. The molecule has 0 aromatic heterocycles. The molecule has 0 saturated heterocycles. The molecule has 0 amide bonds. The molecule has 0 aromatic rings. The second-order valence-electron chi connectivity index (χ2n) is 21.3. The molecule has 0 N–H and O–H groups in total. The molecule has 0 saturated carbocycles. The van der Waals surface area contributed by atoms with E-state index in [1.807, 2.05) is 35.8 Å². The van der Waals surface area contributed by atoms with Gasteiger partial charge in [0.15, 0.2) is 0 Å². The van der Waals surface area contributed by atoms with Crippen molar-refractivity contribution in [2.75, 3.05) is 56.0 Å². The van der Waals surface area contributed by atoms with Crippen molar-refractivity contribution in [3.05, 3.63) is 0 Å². The summed E-state index contributed by atoms with van der Waals surface area (Å²) in [4.78, 5) is 68.8. The summed E-state index contributed by atoms with van der Waals surface area (Å²) in [6.45, 7) is 24.5. The fraction of sp³-hybridized carbons (Fsp3) is 0.915. The van der Waals surface area contributed by atoms with Crippen molar-refractivity contribution in [1.29, 1.82) is 0 Å². The molecule has 75 heavy (non-hydrogen) atoms. The molecule has 0 aliphatic carbocycles. The molecular formula is C59H116O10S4Sn2. The van der Waals surface area contributed by atoms with Gasteiger partial charge in [-0.2, -0.15) is 0 Å². The van der Waals surface area contributed by atoms with E-state index in [-0.39, 0.29) is 29.8 Å². The Morgan fingerprint density at radius 3 is 0.787 bits per heavy atom. The van der Waals surface area contributed by atoms with Crippen LogP contribution < -0.4 is 0 Å². The summed E-state index contributed by atoms with van der Waals surface area (Å²) in [6.07, 6.45) is 25.8. The average molecular weight is 1350 g/mol. The van der Waals surface area contributed by atoms with Crippen LogP contribution in [0, 0.1) is 29.6 Å². The Balaban J connectivity index is 0. The SMILES string of the molecule is CCCCC(CC)COC(=O)CC[CH2][Sn]([CH3])([S]CCC(=O)OCC(CC)CCCC)[S]CCC(=O)OCC(CC)CCCC.CCCCC(CC)COC(=O)CC[S][Sn]([CH3])([CH3])[S]CCC(=O)OCC(CC)CCCC. The van der Waals surface area contributed by atoms with Gasteiger partial charge in [-0.05, 0) is 0 Å². The van der Waals surface area contributed by atoms with Gasteiger partial charge in [0, 0.05) is 0 Å². The Labute approximate surface area is 481 Å². The van der Waals surface area contributed by atoms with Crippen molar-refractivity contribution >= 4 is 96.9 Å². The van der Waals surface area contributed by atoms with E-state index in [1.165, 1.54) is 44.9 Å². The van der Waals surface area contributed by atoms with Crippen molar-refractivity contribution in [2.45, 2.75) is 255 Å². The molecule has 444 valence electrons. The number of rotatable bonds is 50. The molecule has 0 radical (unpaired) electrons. The van der Waals surface area contributed by atoms with Gasteiger partial charge in [0.05, 0.1) is 0 Å². The van der Waals surface area contributed by atoms with E-state index in [0.29, 0.717) is 94.7 Å². The van der Waals surface area contributed by atoms with Gasteiger partial charge in [-0.15, -0.1) is 0 Å². The summed E-state index contributed by atoms with van der Waals surface area (Å²) in [6, 6.07) is 0. The molecule has 10 nitrogen and oxygen atoms in total. The van der Waals surface area contributed by atoms with Crippen molar-refractivity contribution in [3.63, 3.8) is 0 Å². The molecule has 0 aliphatic rings. The summed E-state index contributed by atoms with van der Waals surface area (Å²) in [5.41, 5.74) is 0. The van der Waals surface area contributed by atoms with Crippen LogP contribution in [0.15, 0.2) is 0 Å². The van der Waals surface area contributed by atoms with E-state index in [1.54, 1.807) is 0 Å². The molecule has 5 atom stereocenters. The molecule has 0 spiro atoms. The zero-order chi connectivity index (χ0) is 56.6. The standard InChI is InChI=1S/C12H23O2.4C11H22O2S.3CH3.2Sn/c1-4-7-9-11(6-3)10-14-12(13)8-5-2;4*1-3-5-6-10(4-2)9-13-11(12)7-8-14;;;;;/h11H,2,4-10H2,1,3H3;4*10,14H,3-9H2,1-2H3;3*1H3;;/q;;;;;;;;2*+2/p-4. The zero-order valence-electron chi connectivity index (χ0n) is 50.6. The van der Waals surface area contributed by atoms with E-state index in [2.05, 4.69) is 84.1 Å². The number of carbonyl (C=O) groups is 5. The third-order valence-electron chi connectivity index (χ3n) is 14.1. The summed E-state index contributed by atoms with van der Waals surface area (Å²) >= 11 is -5.16. The Kier molecular flexibility index (Phi) is 54.1. The summed E-state index contributed by atoms with van der Waals surface area (Å²) in [7, 11) is 7.81. The minimum absolute atomic E-state index is 0.0633. The van der Waals surface area contributed by atoms with Gasteiger partial charge in [-0.3, -0.25) is 0 Å². The van der Waals surface area contributed by atoms with Gasteiger partial charge in [-0.25, -0.2) is 0 Å². The Hall–Kier alpha value is 0.347. The third-order valence-corrected chi connectivity index (χ3v) is 63.5. The maximum absolute atomic E-state index is 12.5. The van der Waals surface area contributed by atoms with Crippen LogP contribution in [0.3, 0.4) is 0 Å². The number of ether oxygens (including phenoxy) is 5. The summed E-state index contributed by atoms with van der Waals surface area (Å²) < 4.78 is 28.9. The van der Waals surface area contributed by atoms with E-state index in [0.717, 1.165) is 117 Å². The molecule has 0 aromatic carbocycles. The number of esters is 5. The topological polar surface area (TPSA) is 132 Å². The van der Waals surface area contributed by atoms with Gasteiger partial charge in [0.1, 0.15) is 0 Å². The van der Waals surface area contributed by atoms with Crippen LogP contribution >= 0.6 is 35.8 Å². The Morgan fingerprint density at radius 2 is 0.560 bits per heavy atom. The quantitative estimate of drug-likeness (QED) is 0.0325. The second-order valence-corrected chi connectivity index (χ2v) is 79.1. The van der Waals surface area contributed by atoms with Crippen LogP contribution in [0.1, 0.15) is 236 Å². The molecule has 0 bridgehead atoms. The van der Waals surface area contributed by atoms with Crippen molar-refractivity contribution < 1.29 is 47.7 Å². The average Bonchev–Trinajstić information content (AvgIpc) is 3.39. The molecule has 5 unspecified atom stereocenters. The fourth-order valence-corrected chi connectivity index (χ4v) is 49.1. The van der Waals surface area contributed by atoms with Gasteiger partial charge >= 0.3 is 486 Å². The monoisotopic (exact) mass is 1350 g/mol. The molecule has 0 fully saturated rings. The Bertz CT molecular complexity index is 1280. The fourth-order valence-electron chi connectivity index (χ4n) is 8.15. The van der Waals surface area contributed by atoms with E-state index >= 15 is 0 Å². The van der Waals surface area contributed by atoms with E-state index in [9.17, 15) is 24.0 Å². The zero-order valence-corrected chi connectivity index (χ0v) is 59.5. The van der Waals surface area contributed by atoms with Crippen LogP contribution in [-0.4, -0.2) is 117 Å². The number of hydrogen-bond donors (Lipinski definition) is 0. The maximum atomic E-state index is 12.5. The summed E-state index contributed by atoms with van der Waals surface area (Å²) in [5, 5.41) is 0. The first-order valence-electron chi connectivity index (χ1n) is 30.3. The number of carbonyl (C=O) groups excluding carboxylic acids is 5. The van der Waals surface area contributed by atoms with Gasteiger partial charge in [0.2, 0.25) is 0 Å². The van der Waals surface area contributed by atoms with Crippen LogP contribution in [0.5, 0.6) is 0 Å². The predicted octanol–water partition coefficient (Wildman–Crippen LogP) is 17.8. The van der Waals surface area contributed by atoms with E-state index < -0.39 is 31.2 Å². The van der Waals surface area contributed by atoms with Crippen molar-refractivity contribution in [3.8, 4) is 0 Å². The predicted molar refractivity (Wildman–Crippen MR) is 333 cm³/mol. The first kappa shape index (κ1) is 77.4. The number of unbranched alkanes of at least 4 members (excludes halogenated alkanes) is 5. The van der Waals surface area contributed by atoms with Crippen LogP contribution in [0.25, 0.3) is 0 Å². The molecule has 0 aliphatic heterocycles. The summed E-state index contributed by atoms with van der Waals surface area (Å²) in [5.74, 6) is 5.05. The molecule has 0 rings (SSSR count). The van der Waals surface area contributed by atoms with Crippen molar-refractivity contribution in [2.24, 2.45) is 29.6 Å². The van der Waals surface area contributed by atoms with Gasteiger partial charge in [0.25, 0.3) is 0 Å². The van der Waals surface area contributed by atoms with Gasteiger partial charge < -0.3 is 0 Å². The van der Waals surface area contributed by atoms with Crippen molar-refractivity contribution in [1.82, 2.24) is 0 Å². The minimum atomic E-state index is -2.83. The second kappa shape index (κ2) is 52.4.